The first kappa shape index (κ1) is 12.8. The number of hydrogen-bond donors (Lipinski definition) is 1. The van der Waals surface area contributed by atoms with E-state index in [0.717, 1.165) is 5.52 Å². The van der Waals surface area contributed by atoms with Crippen molar-refractivity contribution in [2.45, 2.75) is 0 Å². The molecule has 1 aromatic heterocycles. The number of hydrogen-bond acceptors (Lipinski definition) is 3. The predicted molar refractivity (Wildman–Crippen MR) is 80.2 cm³/mol. The summed E-state index contributed by atoms with van der Waals surface area (Å²) in [4.78, 5) is 15.8. The lowest BCUT2D eigenvalue weighted by atomic mass is 10.1. The van der Waals surface area contributed by atoms with Crippen molar-refractivity contribution in [3.8, 4) is 11.5 Å². The molecular formula is C15H12ClNO3. The molecule has 0 atom stereocenters. The van der Waals surface area contributed by atoms with Crippen molar-refractivity contribution in [1.82, 2.24) is 4.98 Å². The molecule has 102 valence electrons. The number of nitrogens with one attached hydrogen (secondary N) is 1. The Labute approximate surface area is 119 Å². The summed E-state index contributed by atoms with van der Waals surface area (Å²) >= 11 is 6.22. The summed E-state index contributed by atoms with van der Waals surface area (Å²) < 4.78 is 10.5. The van der Waals surface area contributed by atoms with Crippen LogP contribution in [-0.4, -0.2) is 19.2 Å². The van der Waals surface area contributed by atoms with Crippen LogP contribution in [0.4, 0.5) is 0 Å². The van der Waals surface area contributed by atoms with E-state index in [2.05, 4.69) is 4.98 Å². The van der Waals surface area contributed by atoms with E-state index in [0.29, 0.717) is 32.8 Å². The average molecular weight is 290 g/mol. The van der Waals surface area contributed by atoms with Crippen LogP contribution in [0.5, 0.6) is 11.5 Å². The standard InChI is InChI=1S/C15H12ClNO3/c1-19-11-7-9-13(15(20-2)12(11)16)17-10-6-4-3-5-8(10)14(9)18/h3-7H,1-2H3,(H,17,18). The number of para-hydroxylation sites is 1. The number of rotatable bonds is 2. The Morgan fingerprint density at radius 3 is 2.55 bits per heavy atom. The summed E-state index contributed by atoms with van der Waals surface area (Å²) in [5.74, 6) is 0.820. The minimum absolute atomic E-state index is 0.0809. The second-order valence-electron chi connectivity index (χ2n) is 4.35. The molecule has 1 heterocycles. The van der Waals surface area contributed by atoms with Crippen LogP contribution < -0.4 is 14.9 Å². The zero-order valence-corrected chi connectivity index (χ0v) is 11.7. The summed E-state index contributed by atoms with van der Waals surface area (Å²) in [7, 11) is 3.01. The molecule has 4 nitrogen and oxygen atoms in total. The maximum absolute atomic E-state index is 12.6. The van der Waals surface area contributed by atoms with Crippen LogP contribution in [0.3, 0.4) is 0 Å². The van der Waals surface area contributed by atoms with Gasteiger partial charge in [-0.05, 0) is 18.2 Å². The maximum Gasteiger partial charge on any atom is 0.197 e. The Kier molecular flexibility index (Phi) is 3.03. The third kappa shape index (κ3) is 1.72. The molecule has 0 aliphatic rings. The first-order valence-electron chi connectivity index (χ1n) is 6.02. The molecule has 0 unspecified atom stereocenters. The van der Waals surface area contributed by atoms with Gasteiger partial charge >= 0.3 is 0 Å². The monoisotopic (exact) mass is 289 g/mol. The maximum atomic E-state index is 12.6. The number of methoxy groups -OCH3 is 2. The van der Waals surface area contributed by atoms with Crippen molar-refractivity contribution in [2.24, 2.45) is 0 Å². The molecule has 3 aromatic rings. The lowest BCUT2D eigenvalue weighted by Gasteiger charge is -2.12. The molecule has 5 heteroatoms. The summed E-state index contributed by atoms with van der Waals surface area (Å²) in [5.41, 5.74) is 1.23. The molecule has 0 radical (unpaired) electrons. The molecule has 0 fully saturated rings. The molecule has 0 spiro atoms. The van der Waals surface area contributed by atoms with Gasteiger partial charge in [-0.25, -0.2) is 0 Å². The van der Waals surface area contributed by atoms with Gasteiger partial charge in [0.15, 0.2) is 11.2 Å². The van der Waals surface area contributed by atoms with E-state index in [-0.39, 0.29) is 5.43 Å². The van der Waals surface area contributed by atoms with Gasteiger partial charge in [0.2, 0.25) is 0 Å². The SMILES string of the molecule is COc1cc2c(=O)c3ccccc3[nH]c2c(OC)c1Cl. The molecule has 0 aliphatic carbocycles. The van der Waals surface area contributed by atoms with Gasteiger partial charge in [0.25, 0.3) is 0 Å². The van der Waals surface area contributed by atoms with E-state index in [9.17, 15) is 4.79 Å². The van der Waals surface area contributed by atoms with E-state index in [1.807, 2.05) is 18.2 Å². The zero-order valence-electron chi connectivity index (χ0n) is 11.0. The van der Waals surface area contributed by atoms with Gasteiger partial charge in [0.1, 0.15) is 10.8 Å². The fourth-order valence-electron chi connectivity index (χ4n) is 2.32. The van der Waals surface area contributed by atoms with Crippen molar-refractivity contribution in [3.05, 3.63) is 45.6 Å². The number of H-pyrrole nitrogens is 1. The number of benzene rings is 2. The average Bonchev–Trinajstić information content (AvgIpc) is 2.47. The number of ether oxygens (including phenoxy) is 2. The Morgan fingerprint density at radius 1 is 1.10 bits per heavy atom. The van der Waals surface area contributed by atoms with Gasteiger partial charge in [0.05, 0.1) is 25.1 Å². The highest BCUT2D eigenvalue weighted by Crippen LogP contribution is 2.39. The van der Waals surface area contributed by atoms with Crippen LogP contribution in [0.2, 0.25) is 5.02 Å². The molecular weight excluding hydrogens is 278 g/mol. The molecule has 0 amide bonds. The zero-order chi connectivity index (χ0) is 14.3. The van der Waals surface area contributed by atoms with E-state index in [1.54, 1.807) is 12.1 Å². The summed E-state index contributed by atoms with van der Waals surface area (Å²) in [5, 5.41) is 1.45. The number of fused-ring (bicyclic) bond motifs is 2. The van der Waals surface area contributed by atoms with Crippen LogP contribution >= 0.6 is 11.6 Å². The normalized spacial score (nSPS) is 10.9. The van der Waals surface area contributed by atoms with Crippen LogP contribution in [0.1, 0.15) is 0 Å². The van der Waals surface area contributed by atoms with Gasteiger partial charge in [-0.3, -0.25) is 4.79 Å². The smallest absolute Gasteiger partial charge is 0.197 e. The molecule has 2 aromatic carbocycles. The largest absolute Gasteiger partial charge is 0.495 e. The number of pyridine rings is 1. The van der Waals surface area contributed by atoms with E-state index in [4.69, 9.17) is 21.1 Å². The van der Waals surface area contributed by atoms with Crippen molar-refractivity contribution in [3.63, 3.8) is 0 Å². The fourth-order valence-corrected chi connectivity index (χ4v) is 2.63. The van der Waals surface area contributed by atoms with E-state index >= 15 is 0 Å². The summed E-state index contributed by atoms with van der Waals surface area (Å²) in [6.07, 6.45) is 0. The third-order valence-electron chi connectivity index (χ3n) is 3.29. The molecule has 0 saturated heterocycles. The van der Waals surface area contributed by atoms with Gasteiger partial charge in [0, 0.05) is 10.9 Å². The lowest BCUT2D eigenvalue weighted by molar-refractivity contribution is 0.398. The third-order valence-corrected chi connectivity index (χ3v) is 3.65. The number of aromatic amines is 1. The summed E-state index contributed by atoms with van der Waals surface area (Å²) in [6.45, 7) is 0. The van der Waals surface area contributed by atoms with Crippen molar-refractivity contribution in [1.29, 1.82) is 0 Å². The molecule has 0 aliphatic heterocycles. The van der Waals surface area contributed by atoms with Gasteiger partial charge < -0.3 is 14.5 Å². The minimum Gasteiger partial charge on any atom is -0.495 e. The Balaban J connectivity index is 2.58. The first-order chi connectivity index (χ1) is 9.67. The van der Waals surface area contributed by atoms with Crippen molar-refractivity contribution < 1.29 is 9.47 Å². The second-order valence-corrected chi connectivity index (χ2v) is 4.73. The Bertz CT molecular complexity index is 870. The highest BCUT2D eigenvalue weighted by molar-refractivity contribution is 6.34. The minimum atomic E-state index is -0.0809. The number of aromatic nitrogens is 1. The topological polar surface area (TPSA) is 51.3 Å². The summed E-state index contributed by atoms with van der Waals surface area (Å²) in [6, 6.07) is 8.94. The molecule has 3 rings (SSSR count). The van der Waals surface area contributed by atoms with Crippen LogP contribution in [0, 0.1) is 0 Å². The predicted octanol–water partition coefficient (Wildman–Crippen LogP) is 3.35. The molecule has 1 N–H and O–H groups in total. The lowest BCUT2D eigenvalue weighted by Crippen LogP contribution is -2.06. The fraction of sp³-hybridized carbons (Fsp3) is 0.133. The van der Waals surface area contributed by atoms with Crippen molar-refractivity contribution in [2.75, 3.05) is 14.2 Å². The Hall–Kier alpha value is -2.20. The molecule has 20 heavy (non-hydrogen) atoms. The second kappa shape index (κ2) is 4.72. The highest BCUT2D eigenvalue weighted by Gasteiger charge is 2.16. The van der Waals surface area contributed by atoms with Crippen molar-refractivity contribution >= 4 is 33.4 Å². The first-order valence-corrected chi connectivity index (χ1v) is 6.40. The van der Waals surface area contributed by atoms with Crippen LogP contribution in [-0.2, 0) is 0 Å². The van der Waals surface area contributed by atoms with Gasteiger partial charge in [-0.1, -0.05) is 23.7 Å². The quantitative estimate of drug-likeness (QED) is 0.736. The molecule has 0 bridgehead atoms. The molecule has 0 saturated carbocycles. The van der Waals surface area contributed by atoms with Crippen LogP contribution in [0.25, 0.3) is 21.8 Å². The number of halogens is 1. The highest BCUT2D eigenvalue weighted by atomic mass is 35.5. The van der Waals surface area contributed by atoms with Crippen LogP contribution in [0.15, 0.2) is 35.1 Å². The van der Waals surface area contributed by atoms with E-state index < -0.39 is 0 Å². The van der Waals surface area contributed by atoms with E-state index in [1.165, 1.54) is 14.2 Å². The Morgan fingerprint density at radius 2 is 1.85 bits per heavy atom. The van der Waals surface area contributed by atoms with Gasteiger partial charge in [-0.2, -0.15) is 0 Å². The van der Waals surface area contributed by atoms with Gasteiger partial charge in [-0.15, -0.1) is 0 Å².